The molecule has 0 spiro atoms. The van der Waals surface area contributed by atoms with Gasteiger partial charge in [-0.05, 0) is 63.9 Å². The molecule has 276 valence electrons. The number of nitrogens with zero attached hydrogens (tertiary/aromatic N) is 6. The minimum absolute atomic E-state index is 0.0765. The summed E-state index contributed by atoms with van der Waals surface area (Å²) in [6.45, 7) is 11.9. The van der Waals surface area contributed by atoms with Crippen LogP contribution in [0.25, 0.3) is 11.1 Å². The molecule has 0 saturated heterocycles. The highest BCUT2D eigenvalue weighted by molar-refractivity contribution is 6.34. The Labute approximate surface area is 310 Å². The first-order valence-electron chi connectivity index (χ1n) is 17.9. The molecule has 0 unspecified atom stereocenters. The van der Waals surface area contributed by atoms with E-state index in [1.807, 2.05) is 87.3 Å². The van der Waals surface area contributed by atoms with Crippen molar-refractivity contribution in [2.45, 2.75) is 72.1 Å². The molecule has 0 fully saturated rings. The molecule has 0 radical (unpaired) electrons. The maximum Gasteiger partial charge on any atom is 0.407 e. The third-order valence-electron chi connectivity index (χ3n) is 9.86. The molecule has 6 rings (SSSR count). The van der Waals surface area contributed by atoms with E-state index in [1.165, 1.54) is 0 Å². The minimum atomic E-state index is -0.529. The zero-order valence-electron chi connectivity index (χ0n) is 31.2. The Hall–Kier alpha value is -4.52. The Bertz CT molecular complexity index is 2010. The van der Waals surface area contributed by atoms with Crippen LogP contribution in [0.2, 0.25) is 5.02 Å². The van der Waals surface area contributed by atoms with Crippen LogP contribution in [0.15, 0.2) is 36.4 Å². The van der Waals surface area contributed by atoms with Gasteiger partial charge in [0.15, 0.2) is 11.6 Å². The number of halogens is 1. The van der Waals surface area contributed by atoms with Crippen LogP contribution in [0.3, 0.4) is 0 Å². The SMILES string of the molecule is Cc1c(NC(=O)c2nc3c(n2C)CCN(CCCNC(=O)OC(C)(C)C)C3)cccc1-c1cccc(CC(=O)c2nc3c(n2C)CCN(C)C3)c1Cl. The predicted octanol–water partition coefficient (Wildman–Crippen LogP) is 5.72. The van der Waals surface area contributed by atoms with Crippen molar-refractivity contribution >= 4 is 35.1 Å². The van der Waals surface area contributed by atoms with Crippen LogP contribution in [0.5, 0.6) is 0 Å². The van der Waals surface area contributed by atoms with Crippen molar-refractivity contribution < 1.29 is 19.1 Å². The Kier molecular flexibility index (Phi) is 10.9. The molecule has 4 heterocycles. The van der Waals surface area contributed by atoms with Gasteiger partial charge in [-0.25, -0.2) is 14.8 Å². The zero-order chi connectivity index (χ0) is 37.3. The average molecular weight is 729 g/mol. The minimum Gasteiger partial charge on any atom is -0.444 e. The number of hydrogen-bond donors (Lipinski definition) is 2. The maximum atomic E-state index is 13.7. The van der Waals surface area contributed by atoms with Gasteiger partial charge in [0.1, 0.15) is 5.60 Å². The maximum absolute atomic E-state index is 13.7. The summed E-state index contributed by atoms with van der Waals surface area (Å²) < 4.78 is 9.13. The first-order chi connectivity index (χ1) is 24.7. The Morgan fingerprint density at radius 1 is 0.885 bits per heavy atom. The molecule has 2 N–H and O–H groups in total. The van der Waals surface area contributed by atoms with Crippen molar-refractivity contribution in [3.63, 3.8) is 0 Å². The number of carbonyl (C=O) groups excluding carboxylic acids is 3. The number of Topliss-reactive ketones (excluding diaryl/α,β-unsaturated/α-hetero) is 1. The fraction of sp³-hybridized carbons (Fsp3) is 0.462. The van der Waals surface area contributed by atoms with Crippen molar-refractivity contribution in [2.75, 3.05) is 38.5 Å². The highest BCUT2D eigenvalue weighted by atomic mass is 35.5. The summed E-state index contributed by atoms with van der Waals surface area (Å²) in [5.74, 6) is 0.440. The van der Waals surface area contributed by atoms with Gasteiger partial charge >= 0.3 is 6.09 Å². The van der Waals surface area contributed by atoms with Crippen molar-refractivity contribution in [3.8, 4) is 11.1 Å². The number of aromatic nitrogens is 4. The van der Waals surface area contributed by atoms with Crippen LogP contribution in [-0.2, 0) is 51.2 Å². The average Bonchev–Trinajstić information content (AvgIpc) is 3.59. The summed E-state index contributed by atoms with van der Waals surface area (Å²) >= 11 is 7.01. The molecule has 2 aliphatic heterocycles. The number of alkyl carbamates (subject to hydrolysis) is 1. The van der Waals surface area contributed by atoms with Crippen molar-refractivity contribution in [1.29, 1.82) is 0 Å². The Morgan fingerprint density at radius 2 is 1.54 bits per heavy atom. The lowest BCUT2D eigenvalue weighted by Gasteiger charge is -2.26. The molecule has 52 heavy (non-hydrogen) atoms. The second-order valence-electron chi connectivity index (χ2n) is 14.9. The van der Waals surface area contributed by atoms with Gasteiger partial charge < -0.3 is 29.4 Å². The first-order valence-corrected chi connectivity index (χ1v) is 18.3. The van der Waals surface area contributed by atoms with Crippen LogP contribution in [0, 0.1) is 6.92 Å². The number of carbonyl (C=O) groups is 3. The standard InChI is InChI=1S/C39H49ClN8O4/c1-24-26(27-13-8-11-25(34(27)40)21-33(49)35-42-29-22-45(5)19-15-31(29)46(35)6)12-9-14-28(24)44-37(50)36-43-30-23-48(20-16-32(30)47(36)7)18-10-17-41-38(51)52-39(2,3)4/h8-9,11-14H,10,15-23H2,1-7H3,(H,41,51)(H,44,50). The number of ketones is 1. The van der Waals surface area contributed by atoms with Crippen LogP contribution in [0.1, 0.15) is 82.3 Å². The summed E-state index contributed by atoms with van der Waals surface area (Å²) in [6.07, 6.45) is 2.13. The molecule has 0 atom stereocenters. The van der Waals surface area contributed by atoms with E-state index < -0.39 is 11.7 Å². The normalized spacial score (nSPS) is 14.8. The molecule has 0 aliphatic carbocycles. The van der Waals surface area contributed by atoms with Gasteiger partial charge in [-0.1, -0.05) is 41.9 Å². The Balaban J connectivity index is 1.11. The molecule has 2 aromatic heterocycles. The smallest absolute Gasteiger partial charge is 0.407 e. The van der Waals surface area contributed by atoms with Gasteiger partial charge in [-0.2, -0.15) is 0 Å². The molecule has 12 nitrogen and oxygen atoms in total. The summed E-state index contributed by atoms with van der Waals surface area (Å²) in [7, 11) is 5.86. The van der Waals surface area contributed by atoms with Crippen LogP contribution in [0.4, 0.5) is 10.5 Å². The third-order valence-corrected chi connectivity index (χ3v) is 10.3. The van der Waals surface area contributed by atoms with Crippen LogP contribution < -0.4 is 10.6 Å². The largest absolute Gasteiger partial charge is 0.444 e. The molecule has 0 saturated carbocycles. The van der Waals surface area contributed by atoms with E-state index in [-0.39, 0.29) is 18.1 Å². The van der Waals surface area contributed by atoms with Gasteiger partial charge in [0.2, 0.25) is 5.78 Å². The number of ether oxygens (including phenoxy) is 1. The lowest BCUT2D eigenvalue weighted by molar-refractivity contribution is 0.0525. The number of nitrogens with one attached hydrogen (secondary N) is 2. The molecule has 2 aromatic carbocycles. The fourth-order valence-corrected chi connectivity index (χ4v) is 7.40. The van der Waals surface area contributed by atoms with Gasteiger partial charge in [-0.3, -0.25) is 14.5 Å². The van der Waals surface area contributed by atoms with Crippen molar-refractivity contribution in [2.24, 2.45) is 14.1 Å². The van der Waals surface area contributed by atoms with E-state index >= 15 is 0 Å². The lowest BCUT2D eigenvalue weighted by Crippen LogP contribution is -2.36. The molecular formula is C39H49ClN8O4. The van der Waals surface area contributed by atoms with Gasteiger partial charge in [-0.15, -0.1) is 0 Å². The highest BCUT2D eigenvalue weighted by Gasteiger charge is 2.27. The topological polar surface area (TPSA) is 127 Å². The van der Waals surface area contributed by atoms with E-state index in [2.05, 4.69) is 27.5 Å². The highest BCUT2D eigenvalue weighted by Crippen LogP contribution is 2.36. The number of hydrogen-bond acceptors (Lipinski definition) is 8. The number of benzene rings is 2. The molecule has 2 amide bonds. The number of anilines is 1. The van der Waals surface area contributed by atoms with Crippen LogP contribution >= 0.6 is 11.6 Å². The first kappa shape index (κ1) is 37.2. The molecule has 13 heteroatoms. The number of fused-ring (bicyclic) bond motifs is 2. The second kappa shape index (κ2) is 15.2. The van der Waals surface area contributed by atoms with Crippen molar-refractivity contribution in [3.05, 3.63) is 87.0 Å². The van der Waals surface area contributed by atoms with E-state index in [1.54, 1.807) is 0 Å². The summed E-state index contributed by atoms with van der Waals surface area (Å²) in [4.78, 5) is 53.1. The number of rotatable bonds is 10. The molecule has 0 bridgehead atoms. The second-order valence-corrected chi connectivity index (χ2v) is 15.3. The zero-order valence-corrected chi connectivity index (χ0v) is 32.0. The van der Waals surface area contributed by atoms with E-state index in [0.29, 0.717) is 35.4 Å². The van der Waals surface area contributed by atoms with E-state index in [4.69, 9.17) is 26.3 Å². The quantitative estimate of drug-likeness (QED) is 0.157. The number of imidazole rings is 2. The van der Waals surface area contributed by atoms with E-state index in [9.17, 15) is 14.4 Å². The predicted molar refractivity (Wildman–Crippen MR) is 202 cm³/mol. The lowest BCUT2D eigenvalue weighted by atomic mass is 9.96. The van der Waals surface area contributed by atoms with Crippen molar-refractivity contribution in [1.82, 2.24) is 34.2 Å². The van der Waals surface area contributed by atoms with Gasteiger partial charge in [0.25, 0.3) is 5.91 Å². The van der Waals surface area contributed by atoms with Gasteiger partial charge in [0.05, 0.1) is 16.4 Å². The monoisotopic (exact) mass is 728 g/mol. The third kappa shape index (κ3) is 8.09. The summed E-state index contributed by atoms with van der Waals surface area (Å²) in [5, 5.41) is 6.40. The Morgan fingerprint density at radius 3 is 2.29 bits per heavy atom. The summed E-state index contributed by atoms with van der Waals surface area (Å²) in [5.41, 5.74) is 7.38. The summed E-state index contributed by atoms with van der Waals surface area (Å²) in [6, 6.07) is 11.5. The molecule has 4 aromatic rings. The van der Waals surface area contributed by atoms with Gasteiger partial charge in [0, 0.05) is 95.3 Å². The number of amides is 2. The van der Waals surface area contributed by atoms with E-state index in [0.717, 1.165) is 90.5 Å². The molecular weight excluding hydrogens is 680 g/mol. The molecule has 2 aliphatic rings. The van der Waals surface area contributed by atoms with Crippen LogP contribution in [-0.4, -0.2) is 85.5 Å². The number of likely N-dealkylation sites (N-methyl/N-ethyl adjacent to an activating group) is 1. The fourth-order valence-electron chi connectivity index (χ4n) is 7.11.